The van der Waals surface area contributed by atoms with Gasteiger partial charge in [-0.05, 0) is 72.4 Å². The predicted octanol–water partition coefficient (Wildman–Crippen LogP) is 3.70. The summed E-state index contributed by atoms with van der Waals surface area (Å²) >= 11 is 0. The molecule has 33 heavy (non-hydrogen) atoms. The lowest BCUT2D eigenvalue weighted by Crippen LogP contribution is -2.49. The van der Waals surface area contributed by atoms with Gasteiger partial charge in [-0.25, -0.2) is 4.79 Å². The van der Waals surface area contributed by atoms with Crippen molar-refractivity contribution in [1.29, 1.82) is 0 Å². The van der Waals surface area contributed by atoms with Crippen LogP contribution in [0.3, 0.4) is 0 Å². The number of nitrogens with one attached hydrogen (secondary N) is 1. The van der Waals surface area contributed by atoms with Crippen LogP contribution in [-0.2, 0) is 9.53 Å². The molecule has 3 amide bonds. The Balaban J connectivity index is 1.93. The number of hydrogen-bond acceptors (Lipinski definition) is 5. The van der Waals surface area contributed by atoms with E-state index in [4.69, 9.17) is 9.47 Å². The monoisotopic (exact) mass is 461 g/mol. The summed E-state index contributed by atoms with van der Waals surface area (Å²) in [7, 11) is 0. The standard InChI is InChI=1S/C25H39N3O5/c1-7-32-21-13-9-8-12-20(21)23(30)26-15-22(29)27-14-10-11-19(16-27)17-28(18(2)3)24(31)33-25(4,5)6/h8-9,12-13,18-19H,7,10-11,14-17H2,1-6H3,(H,26,30). The van der Waals surface area contributed by atoms with Crippen LogP contribution in [0.5, 0.6) is 5.75 Å². The van der Waals surface area contributed by atoms with Crippen molar-refractivity contribution < 1.29 is 23.9 Å². The van der Waals surface area contributed by atoms with Crippen molar-refractivity contribution >= 4 is 17.9 Å². The summed E-state index contributed by atoms with van der Waals surface area (Å²) < 4.78 is 11.1. The van der Waals surface area contributed by atoms with E-state index in [9.17, 15) is 14.4 Å². The number of carbonyl (C=O) groups excluding carboxylic acids is 3. The largest absolute Gasteiger partial charge is 0.493 e. The second-order valence-electron chi connectivity index (χ2n) is 9.69. The summed E-state index contributed by atoms with van der Waals surface area (Å²) in [5.74, 6) is 0.193. The molecule has 1 aliphatic rings. The molecule has 1 aromatic rings. The minimum absolute atomic E-state index is 0.00405. The van der Waals surface area contributed by atoms with Crippen LogP contribution in [0.1, 0.15) is 64.7 Å². The number of likely N-dealkylation sites (tertiary alicyclic amines) is 1. The van der Waals surface area contributed by atoms with Gasteiger partial charge in [-0.1, -0.05) is 12.1 Å². The molecule has 8 nitrogen and oxygen atoms in total. The van der Waals surface area contributed by atoms with Gasteiger partial charge in [-0.3, -0.25) is 9.59 Å². The Morgan fingerprint density at radius 2 is 1.91 bits per heavy atom. The zero-order valence-electron chi connectivity index (χ0n) is 20.8. The van der Waals surface area contributed by atoms with Gasteiger partial charge in [0.1, 0.15) is 11.4 Å². The minimum atomic E-state index is -0.558. The van der Waals surface area contributed by atoms with Gasteiger partial charge >= 0.3 is 6.09 Å². The average Bonchev–Trinajstić information content (AvgIpc) is 2.75. The molecule has 2 rings (SSSR count). The van der Waals surface area contributed by atoms with Crippen molar-refractivity contribution in [2.75, 3.05) is 32.8 Å². The normalized spacial score (nSPS) is 16.3. The SMILES string of the molecule is CCOc1ccccc1C(=O)NCC(=O)N1CCCC(CN(C(=O)OC(C)(C)C)C(C)C)C1. The summed E-state index contributed by atoms with van der Waals surface area (Å²) in [6.45, 7) is 13.4. The van der Waals surface area contributed by atoms with E-state index in [1.807, 2.05) is 41.5 Å². The zero-order chi connectivity index (χ0) is 24.6. The second-order valence-corrected chi connectivity index (χ2v) is 9.69. The molecule has 0 aliphatic carbocycles. The third-order valence-electron chi connectivity index (χ3n) is 5.41. The van der Waals surface area contributed by atoms with Crippen molar-refractivity contribution in [1.82, 2.24) is 15.1 Å². The number of benzene rings is 1. The predicted molar refractivity (Wildman–Crippen MR) is 127 cm³/mol. The number of nitrogens with zero attached hydrogens (tertiary/aromatic N) is 2. The highest BCUT2D eigenvalue weighted by atomic mass is 16.6. The minimum Gasteiger partial charge on any atom is -0.493 e. The van der Waals surface area contributed by atoms with E-state index in [2.05, 4.69) is 5.32 Å². The van der Waals surface area contributed by atoms with Crippen LogP contribution in [0.4, 0.5) is 4.79 Å². The smallest absolute Gasteiger partial charge is 0.410 e. The van der Waals surface area contributed by atoms with Crippen LogP contribution in [-0.4, -0.2) is 72.1 Å². The number of amides is 3. The summed E-state index contributed by atoms with van der Waals surface area (Å²) in [5, 5.41) is 2.72. The first kappa shape index (κ1) is 26.5. The molecule has 0 aromatic heterocycles. The van der Waals surface area contributed by atoms with Crippen molar-refractivity contribution in [2.24, 2.45) is 5.92 Å². The van der Waals surface area contributed by atoms with Crippen molar-refractivity contribution in [2.45, 2.75) is 66.0 Å². The lowest BCUT2D eigenvalue weighted by atomic mass is 9.97. The molecule has 1 N–H and O–H groups in total. The first-order valence-corrected chi connectivity index (χ1v) is 11.8. The van der Waals surface area contributed by atoms with Gasteiger partial charge in [-0.2, -0.15) is 0 Å². The van der Waals surface area contributed by atoms with E-state index in [1.54, 1.807) is 34.1 Å². The zero-order valence-corrected chi connectivity index (χ0v) is 20.8. The van der Waals surface area contributed by atoms with E-state index in [0.717, 1.165) is 12.8 Å². The third-order valence-corrected chi connectivity index (χ3v) is 5.41. The molecule has 0 spiro atoms. The average molecular weight is 462 g/mol. The topological polar surface area (TPSA) is 88.2 Å². The fourth-order valence-electron chi connectivity index (χ4n) is 3.83. The number of carbonyl (C=O) groups is 3. The molecule has 1 aromatic carbocycles. The Bertz CT molecular complexity index is 819. The molecule has 0 saturated carbocycles. The summed E-state index contributed by atoms with van der Waals surface area (Å²) in [6.07, 6.45) is 1.46. The molecule has 1 unspecified atom stereocenters. The molecule has 1 fully saturated rings. The maximum Gasteiger partial charge on any atom is 0.410 e. The summed E-state index contributed by atoms with van der Waals surface area (Å²) in [6, 6.07) is 6.98. The summed E-state index contributed by atoms with van der Waals surface area (Å²) in [5.41, 5.74) is -0.147. The van der Waals surface area contributed by atoms with E-state index in [0.29, 0.717) is 37.6 Å². The Labute approximate surface area is 197 Å². The Kier molecular flexibility index (Phi) is 9.56. The van der Waals surface area contributed by atoms with Crippen molar-refractivity contribution in [3.8, 4) is 5.75 Å². The third kappa shape index (κ3) is 8.26. The van der Waals surface area contributed by atoms with Crippen molar-refractivity contribution in [3.05, 3.63) is 29.8 Å². The molecule has 1 heterocycles. The number of hydrogen-bond donors (Lipinski definition) is 1. The van der Waals surface area contributed by atoms with E-state index in [1.165, 1.54) is 0 Å². The van der Waals surface area contributed by atoms with Gasteiger partial charge in [0.25, 0.3) is 5.91 Å². The first-order valence-electron chi connectivity index (χ1n) is 11.8. The Morgan fingerprint density at radius 1 is 1.21 bits per heavy atom. The van der Waals surface area contributed by atoms with E-state index in [-0.39, 0.29) is 36.4 Å². The van der Waals surface area contributed by atoms with Crippen LogP contribution in [0.25, 0.3) is 0 Å². The molecule has 1 aliphatic heterocycles. The highest BCUT2D eigenvalue weighted by Crippen LogP contribution is 2.21. The fraction of sp³-hybridized carbons (Fsp3) is 0.640. The Morgan fingerprint density at radius 3 is 2.55 bits per heavy atom. The van der Waals surface area contributed by atoms with Gasteiger partial charge < -0.3 is 24.6 Å². The van der Waals surface area contributed by atoms with Gasteiger partial charge in [0.15, 0.2) is 0 Å². The lowest BCUT2D eigenvalue weighted by Gasteiger charge is -2.37. The van der Waals surface area contributed by atoms with Crippen LogP contribution in [0.2, 0.25) is 0 Å². The highest BCUT2D eigenvalue weighted by molar-refractivity contribution is 5.98. The van der Waals surface area contributed by atoms with Gasteiger partial charge in [0, 0.05) is 25.7 Å². The van der Waals surface area contributed by atoms with Crippen LogP contribution >= 0.6 is 0 Å². The highest BCUT2D eigenvalue weighted by Gasteiger charge is 2.30. The van der Waals surface area contributed by atoms with Crippen LogP contribution in [0, 0.1) is 5.92 Å². The molecule has 0 bridgehead atoms. The molecule has 1 saturated heterocycles. The lowest BCUT2D eigenvalue weighted by molar-refractivity contribution is -0.132. The molecule has 184 valence electrons. The van der Waals surface area contributed by atoms with E-state index >= 15 is 0 Å². The number of para-hydroxylation sites is 1. The molecule has 1 atom stereocenters. The van der Waals surface area contributed by atoms with Crippen LogP contribution < -0.4 is 10.1 Å². The molecule has 8 heteroatoms. The van der Waals surface area contributed by atoms with Crippen molar-refractivity contribution in [3.63, 3.8) is 0 Å². The number of ether oxygens (including phenoxy) is 2. The maximum absolute atomic E-state index is 12.8. The maximum atomic E-state index is 12.8. The van der Waals surface area contributed by atoms with Gasteiger partial charge in [-0.15, -0.1) is 0 Å². The number of rotatable bonds is 8. The summed E-state index contributed by atoms with van der Waals surface area (Å²) in [4.78, 5) is 41.5. The molecule has 0 radical (unpaired) electrons. The fourth-order valence-corrected chi connectivity index (χ4v) is 3.83. The number of piperidine rings is 1. The van der Waals surface area contributed by atoms with Gasteiger partial charge in [0.05, 0.1) is 18.7 Å². The Hall–Kier alpha value is -2.77. The van der Waals surface area contributed by atoms with E-state index < -0.39 is 5.60 Å². The molecular formula is C25H39N3O5. The second kappa shape index (κ2) is 11.9. The van der Waals surface area contributed by atoms with Gasteiger partial charge in [0.2, 0.25) is 5.91 Å². The first-order chi connectivity index (χ1) is 15.5. The quantitative estimate of drug-likeness (QED) is 0.638. The van der Waals surface area contributed by atoms with Crippen LogP contribution in [0.15, 0.2) is 24.3 Å². The molecular weight excluding hydrogens is 422 g/mol.